The van der Waals surface area contributed by atoms with Crippen LogP contribution >= 0.6 is 11.3 Å². The number of sulfone groups is 1. The van der Waals surface area contributed by atoms with E-state index in [1.807, 2.05) is 0 Å². The van der Waals surface area contributed by atoms with Crippen LogP contribution in [0.4, 0.5) is 0 Å². The smallest absolute Gasteiger partial charge is 0.192 e. The highest BCUT2D eigenvalue weighted by atomic mass is 32.2. The van der Waals surface area contributed by atoms with E-state index in [2.05, 4.69) is 0 Å². The first-order valence-corrected chi connectivity index (χ1v) is 6.43. The standard InChI is InChI=1S/C8H12O3S2/c1-2-7(6-9)13(10,11)8-4-3-5-12-8/h3-5,7,9H,2,6H2,1H3. The van der Waals surface area contributed by atoms with Gasteiger partial charge in [0.1, 0.15) is 4.21 Å². The summed E-state index contributed by atoms with van der Waals surface area (Å²) >= 11 is 1.19. The largest absolute Gasteiger partial charge is 0.395 e. The summed E-state index contributed by atoms with van der Waals surface area (Å²) in [4.78, 5) is 0. The van der Waals surface area contributed by atoms with Gasteiger partial charge in [-0.2, -0.15) is 0 Å². The lowest BCUT2D eigenvalue weighted by molar-refractivity contribution is 0.288. The molecule has 13 heavy (non-hydrogen) atoms. The molecule has 1 aromatic rings. The van der Waals surface area contributed by atoms with Crippen LogP contribution in [0.5, 0.6) is 0 Å². The molecular weight excluding hydrogens is 208 g/mol. The van der Waals surface area contributed by atoms with E-state index in [1.165, 1.54) is 11.3 Å². The summed E-state index contributed by atoms with van der Waals surface area (Å²) in [5, 5.41) is 9.94. The second-order valence-corrected chi connectivity index (χ2v) is 6.09. The van der Waals surface area contributed by atoms with E-state index in [4.69, 9.17) is 5.11 Å². The second kappa shape index (κ2) is 4.21. The minimum Gasteiger partial charge on any atom is -0.395 e. The van der Waals surface area contributed by atoms with Crippen molar-refractivity contribution < 1.29 is 13.5 Å². The molecule has 5 heteroatoms. The van der Waals surface area contributed by atoms with Crippen molar-refractivity contribution in [3.8, 4) is 0 Å². The Morgan fingerprint density at radius 3 is 2.69 bits per heavy atom. The van der Waals surface area contributed by atoms with Gasteiger partial charge in [0.05, 0.1) is 11.9 Å². The first-order valence-electron chi connectivity index (χ1n) is 4.01. The van der Waals surface area contributed by atoms with Gasteiger partial charge in [-0.25, -0.2) is 8.42 Å². The number of thiophene rings is 1. The molecule has 0 saturated carbocycles. The fraction of sp³-hybridized carbons (Fsp3) is 0.500. The van der Waals surface area contributed by atoms with E-state index < -0.39 is 15.1 Å². The highest BCUT2D eigenvalue weighted by molar-refractivity contribution is 7.94. The van der Waals surface area contributed by atoms with E-state index in [-0.39, 0.29) is 6.61 Å². The van der Waals surface area contributed by atoms with Gasteiger partial charge in [0, 0.05) is 0 Å². The zero-order valence-electron chi connectivity index (χ0n) is 7.30. The molecule has 1 aromatic heterocycles. The summed E-state index contributed by atoms with van der Waals surface area (Å²) in [5.74, 6) is 0. The molecule has 0 radical (unpaired) electrons. The molecular formula is C8H12O3S2. The van der Waals surface area contributed by atoms with Crippen molar-refractivity contribution in [2.75, 3.05) is 6.61 Å². The van der Waals surface area contributed by atoms with Crippen LogP contribution in [-0.2, 0) is 9.84 Å². The topological polar surface area (TPSA) is 54.4 Å². The molecule has 1 unspecified atom stereocenters. The fourth-order valence-corrected chi connectivity index (χ4v) is 3.83. The summed E-state index contributed by atoms with van der Waals surface area (Å²) in [5.41, 5.74) is 0. The molecule has 3 nitrogen and oxygen atoms in total. The van der Waals surface area contributed by atoms with Crippen molar-refractivity contribution in [2.45, 2.75) is 22.8 Å². The lowest BCUT2D eigenvalue weighted by Crippen LogP contribution is -2.23. The molecule has 0 spiro atoms. The highest BCUT2D eigenvalue weighted by Crippen LogP contribution is 2.22. The first kappa shape index (κ1) is 10.7. The Kier molecular flexibility index (Phi) is 3.47. The van der Waals surface area contributed by atoms with Crippen LogP contribution in [-0.4, -0.2) is 25.4 Å². The molecule has 1 rings (SSSR count). The van der Waals surface area contributed by atoms with Crippen LogP contribution in [0.1, 0.15) is 13.3 Å². The SMILES string of the molecule is CCC(CO)S(=O)(=O)c1cccs1. The monoisotopic (exact) mass is 220 g/mol. The molecule has 1 heterocycles. The molecule has 0 bridgehead atoms. The Morgan fingerprint density at radius 2 is 2.31 bits per heavy atom. The second-order valence-electron chi connectivity index (χ2n) is 2.69. The molecule has 0 aliphatic heterocycles. The Morgan fingerprint density at radius 1 is 1.62 bits per heavy atom. The number of rotatable bonds is 4. The summed E-state index contributed by atoms with van der Waals surface area (Å²) < 4.78 is 23.8. The number of aliphatic hydroxyl groups is 1. The zero-order valence-corrected chi connectivity index (χ0v) is 8.94. The van der Waals surface area contributed by atoms with E-state index in [0.29, 0.717) is 10.6 Å². The summed E-state index contributed by atoms with van der Waals surface area (Å²) in [6.45, 7) is 1.45. The van der Waals surface area contributed by atoms with Gasteiger partial charge in [-0.15, -0.1) is 11.3 Å². The van der Waals surface area contributed by atoms with Crippen LogP contribution in [0.15, 0.2) is 21.7 Å². The van der Waals surface area contributed by atoms with Gasteiger partial charge >= 0.3 is 0 Å². The molecule has 0 saturated heterocycles. The van der Waals surface area contributed by atoms with Crippen LogP contribution in [0.2, 0.25) is 0 Å². The molecule has 0 aliphatic rings. The van der Waals surface area contributed by atoms with Crippen molar-refractivity contribution in [3.63, 3.8) is 0 Å². The summed E-state index contributed by atoms with van der Waals surface area (Å²) in [7, 11) is -3.29. The fourth-order valence-electron chi connectivity index (χ4n) is 1.04. The zero-order chi connectivity index (χ0) is 9.90. The summed E-state index contributed by atoms with van der Waals surface area (Å²) in [6, 6.07) is 3.26. The molecule has 0 aromatic carbocycles. The Balaban J connectivity index is 3.02. The minimum absolute atomic E-state index is 0.309. The van der Waals surface area contributed by atoms with Gasteiger partial charge in [-0.3, -0.25) is 0 Å². The van der Waals surface area contributed by atoms with E-state index in [0.717, 1.165) is 0 Å². The van der Waals surface area contributed by atoms with E-state index >= 15 is 0 Å². The predicted molar refractivity (Wildman–Crippen MR) is 52.7 cm³/mol. The Hall–Kier alpha value is -0.390. The third kappa shape index (κ3) is 2.10. The Labute approximate surface area is 82.0 Å². The van der Waals surface area contributed by atoms with E-state index in [9.17, 15) is 8.42 Å². The Bertz CT molecular complexity index is 335. The third-order valence-electron chi connectivity index (χ3n) is 1.87. The van der Waals surface area contributed by atoms with Crippen molar-refractivity contribution >= 4 is 21.2 Å². The number of hydrogen-bond donors (Lipinski definition) is 1. The average Bonchev–Trinajstić information content (AvgIpc) is 2.58. The molecule has 1 N–H and O–H groups in total. The van der Waals surface area contributed by atoms with Crippen LogP contribution in [0.25, 0.3) is 0 Å². The van der Waals surface area contributed by atoms with Gasteiger partial charge in [0.2, 0.25) is 0 Å². The molecule has 0 aliphatic carbocycles. The lowest BCUT2D eigenvalue weighted by Gasteiger charge is -2.10. The minimum atomic E-state index is -3.29. The first-order chi connectivity index (χ1) is 6.12. The average molecular weight is 220 g/mol. The van der Waals surface area contributed by atoms with Crippen LogP contribution in [0, 0.1) is 0 Å². The summed E-state index contributed by atoms with van der Waals surface area (Å²) in [6.07, 6.45) is 0.441. The highest BCUT2D eigenvalue weighted by Gasteiger charge is 2.25. The molecule has 74 valence electrons. The van der Waals surface area contributed by atoms with Crippen LogP contribution < -0.4 is 0 Å². The maximum atomic E-state index is 11.7. The van der Waals surface area contributed by atoms with E-state index in [1.54, 1.807) is 24.4 Å². The predicted octanol–water partition coefficient (Wildman–Crippen LogP) is 1.29. The van der Waals surface area contributed by atoms with Gasteiger partial charge in [0.15, 0.2) is 9.84 Å². The van der Waals surface area contributed by atoms with Crippen molar-refractivity contribution in [2.24, 2.45) is 0 Å². The molecule has 1 atom stereocenters. The maximum absolute atomic E-state index is 11.7. The normalized spacial score (nSPS) is 14.3. The molecule has 0 fully saturated rings. The third-order valence-corrected chi connectivity index (χ3v) is 5.58. The van der Waals surface area contributed by atoms with Crippen LogP contribution in [0.3, 0.4) is 0 Å². The molecule has 0 amide bonds. The van der Waals surface area contributed by atoms with Gasteiger partial charge < -0.3 is 5.11 Å². The maximum Gasteiger partial charge on any atom is 0.192 e. The van der Waals surface area contributed by atoms with Crippen molar-refractivity contribution in [1.29, 1.82) is 0 Å². The van der Waals surface area contributed by atoms with Gasteiger partial charge in [-0.05, 0) is 17.9 Å². The quantitative estimate of drug-likeness (QED) is 0.832. The number of aliphatic hydroxyl groups excluding tert-OH is 1. The van der Waals surface area contributed by atoms with Gasteiger partial charge in [0.25, 0.3) is 0 Å². The lowest BCUT2D eigenvalue weighted by atomic mass is 10.3. The number of hydrogen-bond acceptors (Lipinski definition) is 4. The van der Waals surface area contributed by atoms with Crippen molar-refractivity contribution in [3.05, 3.63) is 17.5 Å². The van der Waals surface area contributed by atoms with Gasteiger partial charge in [-0.1, -0.05) is 13.0 Å². The van der Waals surface area contributed by atoms with Crippen molar-refractivity contribution in [1.82, 2.24) is 0 Å².